The third kappa shape index (κ3) is 6.28. The van der Waals surface area contributed by atoms with Gasteiger partial charge in [0.1, 0.15) is 12.4 Å². The Morgan fingerprint density at radius 1 is 1.04 bits per heavy atom. The van der Waals surface area contributed by atoms with Crippen LogP contribution in [0.5, 0.6) is 5.75 Å². The van der Waals surface area contributed by atoms with Crippen molar-refractivity contribution in [2.45, 2.75) is 45.1 Å². The molecule has 2 saturated heterocycles. The summed E-state index contributed by atoms with van der Waals surface area (Å²) in [5, 5.41) is 0. The third-order valence-electron chi connectivity index (χ3n) is 5.55. The molecule has 0 spiro atoms. The fourth-order valence-electron chi connectivity index (χ4n) is 3.85. The molecule has 140 valence electrons. The van der Waals surface area contributed by atoms with Gasteiger partial charge >= 0.3 is 0 Å². The van der Waals surface area contributed by atoms with E-state index in [0.29, 0.717) is 6.04 Å². The van der Waals surface area contributed by atoms with Crippen molar-refractivity contribution in [2.75, 3.05) is 52.5 Å². The van der Waals surface area contributed by atoms with E-state index >= 15 is 0 Å². The molecule has 2 aliphatic heterocycles. The Morgan fingerprint density at radius 3 is 2.60 bits per heavy atom. The van der Waals surface area contributed by atoms with Gasteiger partial charge < -0.3 is 9.47 Å². The number of hydrogen-bond acceptors (Lipinski definition) is 4. The first-order valence-corrected chi connectivity index (χ1v) is 10.1. The van der Waals surface area contributed by atoms with Gasteiger partial charge in [0.2, 0.25) is 0 Å². The summed E-state index contributed by atoms with van der Waals surface area (Å²) in [7, 11) is 0. The molecular weight excluding hydrogens is 312 g/mol. The Bertz CT molecular complexity index is 485. The summed E-state index contributed by atoms with van der Waals surface area (Å²) >= 11 is 0. The second-order valence-corrected chi connectivity index (χ2v) is 7.43. The molecule has 25 heavy (non-hydrogen) atoms. The minimum absolute atomic E-state index is 0.714. The molecule has 0 amide bonds. The molecule has 0 saturated carbocycles. The van der Waals surface area contributed by atoms with Crippen molar-refractivity contribution in [1.82, 2.24) is 9.80 Å². The summed E-state index contributed by atoms with van der Waals surface area (Å²) < 4.78 is 11.3. The predicted octanol–water partition coefficient (Wildman–Crippen LogP) is 3.20. The fourth-order valence-corrected chi connectivity index (χ4v) is 3.85. The Balaban J connectivity index is 1.32. The maximum atomic E-state index is 5.95. The minimum atomic E-state index is 0.714. The van der Waals surface area contributed by atoms with Crippen molar-refractivity contribution in [3.05, 3.63) is 29.8 Å². The van der Waals surface area contributed by atoms with Gasteiger partial charge in [0, 0.05) is 25.7 Å². The molecule has 1 aromatic rings. The molecule has 4 heteroatoms. The van der Waals surface area contributed by atoms with E-state index in [-0.39, 0.29) is 0 Å². The van der Waals surface area contributed by atoms with E-state index in [1.165, 1.54) is 44.3 Å². The lowest BCUT2D eigenvalue weighted by molar-refractivity contribution is 0.0374. The first kappa shape index (κ1) is 18.7. The molecule has 4 nitrogen and oxygen atoms in total. The number of rotatable bonds is 8. The first-order valence-electron chi connectivity index (χ1n) is 10.1. The highest BCUT2D eigenvalue weighted by Gasteiger charge is 2.17. The molecule has 0 N–H and O–H groups in total. The van der Waals surface area contributed by atoms with Gasteiger partial charge in [-0.25, -0.2) is 0 Å². The highest BCUT2D eigenvalue weighted by atomic mass is 16.5. The van der Waals surface area contributed by atoms with Crippen molar-refractivity contribution < 1.29 is 9.47 Å². The van der Waals surface area contributed by atoms with Crippen molar-refractivity contribution in [2.24, 2.45) is 0 Å². The van der Waals surface area contributed by atoms with Gasteiger partial charge in [-0.15, -0.1) is 0 Å². The number of aryl methyl sites for hydroxylation is 1. The average Bonchev–Trinajstić information content (AvgIpc) is 2.65. The molecular formula is C21H34N2O2. The Morgan fingerprint density at radius 2 is 1.84 bits per heavy atom. The van der Waals surface area contributed by atoms with Gasteiger partial charge in [-0.05, 0) is 63.4 Å². The van der Waals surface area contributed by atoms with Gasteiger partial charge in [-0.1, -0.05) is 18.6 Å². The van der Waals surface area contributed by atoms with Crippen LogP contribution in [0, 0.1) is 0 Å². The minimum Gasteiger partial charge on any atom is -0.492 e. The Labute approximate surface area is 153 Å². The quantitative estimate of drug-likeness (QED) is 0.722. The number of nitrogens with zero attached hydrogens (tertiary/aromatic N) is 2. The van der Waals surface area contributed by atoms with Gasteiger partial charge in [0.25, 0.3) is 0 Å². The molecule has 0 aliphatic carbocycles. The van der Waals surface area contributed by atoms with Crippen molar-refractivity contribution in [1.29, 1.82) is 0 Å². The maximum absolute atomic E-state index is 5.95. The van der Waals surface area contributed by atoms with E-state index in [9.17, 15) is 0 Å². The number of hydrogen-bond donors (Lipinski definition) is 0. The number of likely N-dealkylation sites (tertiary alicyclic amines) is 1. The number of morpholine rings is 1. The Hall–Kier alpha value is -1.10. The lowest BCUT2D eigenvalue weighted by Gasteiger charge is -2.33. The van der Waals surface area contributed by atoms with E-state index in [1.807, 2.05) is 0 Å². The van der Waals surface area contributed by atoms with Crippen LogP contribution in [0.4, 0.5) is 0 Å². The van der Waals surface area contributed by atoms with Crippen LogP contribution in [0.2, 0.25) is 0 Å². The number of benzene rings is 1. The molecule has 1 aromatic carbocycles. The highest BCUT2D eigenvalue weighted by molar-refractivity contribution is 5.27. The van der Waals surface area contributed by atoms with Gasteiger partial charge in [-0.3, -0.25) is 9.80 Å². The van der Waals surface area contributed by atoms with E-state index in [2.05, 4.69) is 41.0 Å². The van der Waals surface area contributed by atoms with Crippen LogP contribution < -0.4 is 4.74 Å². The molecule has 3 rings (SSSR count). The van der Waals surface area contributed by atoms with Crippen LogP contribution in [0.3, 0.4) is 0 Å². The van der Waals surface area contributed by atoms with Crippen LogP contribution in [-0.4, -0.2) is 68.4 Å². The van der Waals surface area contributed by atoms with Crippen molar-refractivity contribution >= 4 is 0 Å². The lowest BCUT2D eigenvalue weighted by Crippen LogP contribution is -2.39. The monoisotopic (exact) mass is 346 g/mol. The first-order chi connectivity index (χ1) is 12.3. The van der Waals surface area contributed by atoms with Crippen LogP contribution in [0.1, 0.15) is 38.2 Å². The molecule has 2 aliphatic rings. The molecule has 0 radical (unpaired) electrons. The smallest absolute Gasteiger partial charge is 0.119 e. The number of piperidine rings is 1. The average molecular weight is 347 g/mol. The second-order valence-electron chi connectivity index (χ2n) is 7.43. The van der Waals surface area contributed by atoms with Crippen LogP contribution in [-0.2, 0) is 11.2 Å². The van der Waals surface area contributed by atoms with Crippen molar-refractivity contribution in [3.8, 4) is 5.75 Å². The second kappa shape index (κ2) is 10.1. The zero-order chi connectivity index (χ0) is 17.3. The van der Waals surface area contributed by atoms with E-state index < -0.39 is 0 Å². The van der Waals surface area contributed by atoms with Gasteiger partial charge in [0.05, 0.1) is 13.2 Å². The van der Waals surface area contributed by atoms with Crippen LogP contribution in [0.15, 0.2) is 24.3 Å². The summed E-state index contributed by atoms with van der Waals surface area (Å²) in [5.41, 5.74) is 1.41. The van der Waals surface area contributed by atoms with E-state index in [0.717, 1.165) is 51.6 Å². The maximum Gasteiger partial charge on any atom is 0.119 e. The largest absolute Gasteiger partial charge is 0.492 e. The van der Waals surface area contributed by atoms with E-state index in [1.54, 1.807) is 0 Å². The molecule has 2 fully saturated rings. The summed E-state index contributed by atoms with van der Waals surface area (Å²) in [6.07, 6.45) is 6.41. The fraction of sp³-hybridized carbons (Fsp3) is 0.714. The zero-order valence-corrected chi connectivity index (χ0v) is 15.8. The van der Waals surface area contributed by atoms with Crippen LogP contribution >= 0.6 is 0 Å². The Kier molecular flexibility index (Phi) is 7.58. The third-order valence-corrected chi connectivity index (χ3v) is 5.55. The molecule has 0 bridgehead atoms. The lowest BCUT2D eigenvalue weighted by atomic mass is 10.0. The summed E-state index contributed by atoms with van der Waals surface area (Å²) in [6.45, 7) is 10.5. The van der Waals surface area contributed by atoms with Gasteiger partial charge in [-0.2, -0.15) is 0 Å². The zero-order valence-electron chi connectivity index (χ0n) is 15.8. The number of ether oxygens (including phenoxy) is 2. The summed E-state index contributed by atoms with van der Waals surface area (Å²) in [5.74, 6) is 1.00. The highest BCUT2D eigenvalue weighted by Crippen LogP contribution is 2.17. The summed E-state index contributed by atoms with van der Waals surface area (Å²) in [6, 6.07) is 9.41. The predicted molar refractivity (Wildman–Crippen MR) is 102 cm³/mol. The van der Waals surface area contributed by atoms with Gasteiger partial charge in [0.15, 0.2) is 0 Å². The molecule has 2 heterocycles. The van der Waals surface area contributed by atoms with Crippen LogP contribution in [0.25, 0.3) is 0 Å². The molecule has 0 aromatic heterocycles. The van der Waals surface area contributed by atoms with E-state index in [4.69, 9.17) is 9.47 Å². The topological polar surface area (TPSA) is 24.9 Å². The van der Waals surface area contributed by atoms with Crippen molar-refractivity contribution in [3.63, 3.8) is 0 Å². The molecule has 1 atom stereocenters. The standard InChI is InChI=1S/C21H34N2O2/c1-19-5-2-3-12-23(19)15-18-25-21-9-7-20(8-10-21)6-4-11-22-13-16-24-17-14-22/h7-10,19H,2-6,11-18H2,1H3. The molecule has 1 unspecified atom stereocenters. The SMILES string of the molecule is CC1CCCCN1CCOc1ccc(CCCN2CCOCC2)cc1. The summed E-state index contributed by atoms with van der Waals surface area (Å²) in [4.78, 5) is 5.06. The normalized spacial score (nSPS) is 22.8.